The maximum atomic E-state index is 10.1. The van der Waals surface area contributed by atoms with Crippen LogP contribution in [0.5, 0.6) is 0 Å². The molecule has 0 aromatic rings. The predicted molar refractivity (Wildman–Crippen MR) is 30.6 cm³/mol. The van der Waals surface area contributed by atoms with Crippen LogP contribution < -0.4 is 5.32 Å². The van der Waals surface area contributed by atoms with Crippen molar-refractivity contribution in [2.45, 2.75) is 6.92 Å². The molecule has 0 amide bonds. The summed E-state index contributed by atoms with van der Waals surface area (Å²) in [6.07, 6.45) is 0. The van der Waals surface area contributed by atoms with Gasteiger partial charge in [0.25, 0.3) is 0 Å². The lowest BCUT2D eigenvalue weighted by Gasteiger charge is -1.97. The van der Waals surface area contributed by atoms with Crippen molar-refractivity contribution in [3.05, 3.63) is 0 Å². The van der Waals surface area contributed by atoms with Gasteiger partial charge in [-0.2, -0.15) is 0 Å². The van der Waals surface area contributed by atoms with Gasteiger partial charge in [-0.1, -0.05) is 0 Å². The summed E-state index contributed by atoms with van der Waals surface area (Å²) in [7, 11) is 1.81. The summed E-state index contributed by atoms with van der Waals surface area (Å²) in [5.41, 5.74) is 0. The molecule has 3 nitrogen and oxygen atoms in total. The largest absolute Gasteiger partial charge is 0.465 e. The van der Waals surface area contributed by atoms with E-state index in [2.05, 4.69) is 10.1 Å². The summed E-state index contributed by atoms with van der Waals surface area (Å²) in [5, 5.41) is 2.85. The zero-order valence-electron chi connectivity index (χ0n) is 5.23. The van der Waals surface area contributed by atoms with E-state index >= 15 is 0 Å². The van der Waals surface area contributed by atoms with Crippen molar-refractivity contribution < 1.29 is 9.53 Å². The maximum Gasteiger partial charge on any atom is 0.302 e. The van der Waals surface area contributed by atoms with Gasteiger partial charge in [0.1, 0.15) is 6.61 Å². The van der Waals surface area contributed by atoms with Crippen molar-refractivity contribution in [1.29, 1.82) is 0 Å². The van der Waals surface area contributed by atoms with Crippen molar-refractivity contribution in [2.75, 3.05) is 20.2 Å². The van der Waals surface area contributed by atoms with Crippen molar-refractivity contribution >= 4 is 5.97 Å². The zero-order valence-corrected chi connectivity index (χ0v) is 5.23. The second-order valence-corrected chi connectivity index (χ2v) is 1.44. The molecule has 0 heterocycles. The Morgan fingerprint density at radius 2 is 2.38 bits per heavy atom. The summed E-state index contributed by atoms with van der Waals surface area (Å²) in [6.45, 7) is 2.58. The lowest BCUT2D eigenvalue weighted by Crippen LogP contribution is -2.15. The molecular formula is C5H11NO2. The Balaban J connectivity index is 2.82. The molecule has 48 valence electrons. The monoisotopic (exact) mass is 117 g/mol. The molecule has 0 bridgehead atoms. The number of ether oxygens (including phenoxy) is 1. The van der Waals surface area contributed by atoms with Crippen LogP contribution in [0.1, 0.15) is 6.92 Å². The van der Waals surface area contributed by atoms with Crippen molar-refractivity contribution in [2.24, 2.45) is 0 Å². The van der Waals surface area contributed by atoms with Crippen molar-refractivity contribution in [3.63, 3.8) is 0 Å². The molecular weight excluding hydrogens is 106 g/mol. The van der Waals surface area contributed by atoms with E-state index < -0.39 is 0 Å². The first kappa shape index (κ1) is 7.43. The van der Waals surface area contributed by atoms with Crippen LogP contribution in [0.15, 0.2) is 0 Å². The molecule has 3 heteroatoms. The summed E-state index contributed by atoms with van der Waals surface area (Å²) >= 11 is 0. The zero-order chi connectivity index (χ0) is 6.41. The van der Waals surface area contributed by atoms with E-state index in [1.807, 2.05) is 7.05 Å². The number of hydrogen-bond acceptors (Lipinski definition) is 3. The standard InChI is InChI=1S/C5H11NO2/c1-5(7)8-4-3-6-2/h6H,3-4H2,1-2H3. The van der Waals surface area contributed by atoms with Gasteiger partial charge in [0.2, 0.25) is 0 Å². The van der Waals surface area contributed by atoms with Gasteiger partial charge in [0.15, 0.2) is 0 Å². The third kappa shape index (κ3) is 5.43. The smallest absolute Gasteiger partial charge is 0.302 e. The fraction of sp³-hybridized carbons (Fsp3) is 0.800. The average Bonchev–Trinajstić information content (AvgIpc) is 1.66. The van der Waals surface area contributed by atoms with E-state index in [-0.39, 0.29) is 5.97 Å². The lowest BCUT2D eigenvalue weighted by molar-refractivity contribution is -0.140. The molecule has 8 heavy (non-hydrogen) atoms. The van der Waals surface area contributed by atoms with Gasteiger partial charge in [0.05, 0.1) is 0 Å². The first-order valence-electron chi connectivity index (χ1n) is 2.55. The van der Waals surface area contributed by atoms with Crippen LogP contribution in [0, 0.1) is 0 Å². The van der Waals surface area contributed by atoms with Gasteiger partial charge in [-0.25, -0.2) is 0 Å². The van der Waals surface area contributed by atoms with Gasteiger partial charge in [-0.05, 0) is 7.05 Å². The third-order valence-corrected chi connectivity index (χ3v) is 0.657. The van der Waals surface area contributed by atoms with Gasteiger partial charge in [-0.15, -0.1) is 0 Å². The molecule has 0 saturated carbocycles. The highest BCUT2D eigenvalue weighted by Gasteiger charge is 1.87. The molecule has 0 rings (SSSR count). The highest BCUT2D eigenvalue weighted by molar-refractivity contribution is 5.65. The van der Waals surface area contributed by atoms with Crippen molar-refractivity contribution in [1.82, 2.24) is 5.32 Å². The van der Waals surface area contributed by atoms with Crippen LogP contribution in [-0.4, -0.2) is 26.2 Å². The van der Waals surface area contributed by atoms with Gasteiger partial charge in [-0.3, -0.25) is 4.79 Å². The highest BCUT2D eigenvalue weighted by Crippen LogP contribution is 1.71. The van der Waals surface area contributed by atoms with Gasteiger partial charge >= 0.3 is 5.97 Å². The number of esters is 1. The first-order chi connectivity index (χ1) is 3.77. The number of carbonyl (C=O) groups excluding carboxylic acids is 1. The molecule has 0 unspecified atom stereocenters. The molecule has 0 aliphatic rings. The summed E-state index contributed by atoms with van der Waals surface area (Å²) < 4.78 is 4.58. The Labute approximate surface area is 49.0 Å². The number of nitrogens with one attached hydrogen (secondary N) is 1. The van der Waals surface area contributed by atoms with Crippen LogP contribution in [0.4, 0.5) is 0 Å². The van der Waals surface area contributed by atoms with Gasteiger partial charge < -0.3 is 10.1 Å². The number of hydrogen-bond donors (Lipinski definition) is 1. The van der Waals surface area contributed by atoms with Gasteiger partial charge in [0, 0.05) is 13.5 Å². The highest BCUT2D eigenvalue weighted by atomic mass is 16.5. The minimum Gasteiger partial charge on any atom is -0.465 e. The van der Waals surface area contributed by atoms with E-state index in [9.17, 15) is 4.79 Å². The minimum atomic E-state index is -0.222. The van der Waals surface area contributed by atoms with Crippen LogP contribution in [0.3, 0.4) is 0 Å². The topological polar surface area (TPSA) is 38.3 Å². The molecule has 0 aromatic carbocycles. The molecule has 0 aromatic heterocycles. The van der Waals surface area contributed by atoms with E-state index in [4.69, 9.17) is 0 Å². The van der Waals surface area contributed by atoms with E-state index in [1.165, 1.54) is 6.92 Å². The molecule has 0 spiro atoms. The Hall–Kier alpha value is -0.570. The number of rotatable bonds is 3. The molecule has 0 saturated heterocycles. The summed E-state index contributed by atoms with van der Waals surface area (Å²) in [5.74, 6) is -0.222. The maximum absolute atomic E-state index is 10.1. The molecule has 1 N–H and O–H groups in total. The third-order valence-electron chi connectivity index (χ3n) is 0.657. The normalized spacial score (nSPS) is 8.75. The van der Waals surface area contributed by atoms with Crippen LogP contribution in [0.2, 0.25) is 0 Å². The molecule has 0 aliphatic heterocycles. The van der Waals surface area contributed by atoms with Crippen LogP contribution >= 0.6 is 0 Å². The van der Waals surface area contributed by atoms with E-state index in [0.717, 1.165) is 6.54 Å². The fourth-order valence-corrected chi connectivity index (χ4v) is 0.297. The number of carbonyl (C=O) groups is 1. The number of likely N-dealkylation sites (N-methyl/N-ethyl adjacent to an activating group) is 1. The quantitative estimate of drug-likeness (QED) is 0.410. The molecule has 0 fully saturated rings. The Morgan fingerprint density at radius 3 is 2.75 bits per heavy atom. The fourth-order valence-electron chi connectivity index (χ4n) is 0.297. The molecule has 0 radical (unpaired) electrons. The second kappa shape index (κ2) is 4.59. The first-order valence-corrected chi connectivity index (χ1v) is 2.55. The molecule has 0 atom stereocenters. The Morgan fingerprint density at radius 1 is 1.75 bits per heavy atom. The second-order valence-electron chi connectivity index (χ2n) is 1.44. The lowest BCUT2D eigenvalue weighted by atomic mass is 10.7. The predicted octanol–water partition coefficient (Wildman–Crippen LogP) is -0.231. The Bertz CT molecular complexity index is 72.8. The minimum absolute atomic E-state index is 0.222. The average molecular weight is 117 g/mol. The van der Waals surface area contributed by atoms with E-state index in [0.29, 0.717) is 6.61 Å². The molecule has 0 aliphatic carbocycles. The van der Waals surface area contributed by atoms with E-state index in [1.54, 1.807) is 0 Å². The summed E-state index contributed by atoms with van der Waals surface area (Å²) in [6, 6.07) is 0. The van der Waals surface area contributed by atoms with Crippen LogP contribution in [-0.2, 0) is 9.53 Å². The Kier molecular flexibility index (Phi) is 4.26. The van der Waals surface area contributed by atoms with Crippen LogP contribution in [0.25, 0.3) is 0 Å². The summed E-state index contributed by atoms with van der Waals surface area (Å²) in [4.78, 5) is 10.1. The SMILES string of the molecule is CNCCOC(C)=O. The van der Waals surface area contributed by atoms with Crippen molar-refractivity contribution in [3.8, 4) is 0 Å².